The average molecular weight is 220 g/mol. The van der Waals surface area contributed by atoms with Crippen molar-refractivity contribution in [2.24, 2.45) is 0 Å². The molecule has 1 aromatic rings. The molecule has 4 nitrogen and oxygen atoms in total. The summed E-state index contributed by atoms with van der Waals surface area (Å²) in [5.41, 5.74) is -1.92. The Labute approximate surface area is 83.1 Å². The lowest BCUT2D eigenvalue weighted by Crippen LogP contribution is -2.16. The minimum atomic E-state index is -4.62. The van der Waals surface area contributed by atoms with E-state index in [1.165, 1.54) is 0 Å². The lowest BCUT2D eigenvalue weighted by molar-refractivity contribution is -0.142. The van der Waals surface area contributed by atoms with Gasteiger partial charge in [-0.3, -0.25) is 4.98 Å². The molecular formula is C8H7F3N2O2. The van der Waals surface area contributed by atoms with E-state index in [-0.39, 0.29) is 5.69 Å². The molecule has 1 heterocycles. The van der Waals surface area contributed by atoms with Crippen LogP contribution in [-0.2, 0) is 10.9 Å². The van der Waals surface area contributed by atoms with Crippen LogP contribution in [0.3, 0.4) is 0 Å². The summed E-state index contributed by atoms with van der Waals surface area (Å²) in [5.74, 6) is -0.951. The molecule has 0 saturated carbocycles. The molecule has 0 aliphatic rings. The van der Waals surface area contributed by atoms with Crippen LogP contribution in [0, 0.1) is 6.92 Å². The van der Waals surface area contributed by atoms with Crippen molar-refractivity contribution >= 4 is 5.97 Å². The van der Waals surface area contributed by atoms with Gasteiger partial charge in [0.05, 0.1) is 19.0 Å². The largest absolute Gasteiger partial charge is 0.464 e. The fourth-order valence-corrected chi connectivity index (χ4v) is 0.921. The third-order valence-electron chi connectivity index (χ3n) is 1.62. The standard InChI is InChI=1S/C8H7F3N2O2/c1-4-6(8(9,10)11)13-5(3-12-4)7(14)15-2/h3H,1-2H3. The molecule has 0 N–H and O–H groups in total. The highest BCUT2D eigenvalue weighted by Crippen LogP contribution is 2.29. The first-order valence-corrected chi connectivity index (χ1v) is 3.85. The molecule has 0 saturated heterocycles. The number of rotatable bonds is 1. The number of carbonyl (C=O) groups is 1. The minimum Gasteiger partial charge on any atom is -0.464 e. The first kappa shape index (κ1) is 11.4. The summed E-state index contributed by atoms with van der Waals surface area (Å²) in [4.78, 5) is 17.5. The van der Waals surface area contributed by atoms with Crippen molar-refractivity contribution in [3.63, 3.8) is 0 Å². The van der Waals surface area contributed by atoms with Crippen LogP contribution in [0.25, 0.3) is 0 Å². The van der Waals surface area contributed by atoms with E-state index >= 15 is 0 Å². The van der Waals surface area contributed by atoms with E-state index < -0.39 is 23.5 Å². The molecule has 7 heteroatoms. The summed E-state index contributed by atoms with van der Waals surface area (Å²) >= 11 is 0. The molecule has 0 atom stereocenters. The van der Waals surface area contributed by atoms with Gasteiger partial charge in [0.25, 0.3) is 0 Å². The zero-order chi connectivity index (χ0) is 11.6. The van der Waals surface area contributed by atoms with Gasteiger partial charge in [-0.05, 0) is 6.92 Å². The van der Waals surface area contributed by atoms with Crippen molar-refractivity contribution in [3.8, 4) is 0 Å². The zero-order valence-electron chi connectivity index (χ0n) is 7.92. The van der Waals surface area contributed by atoms with E-state index in [0.717, 1.165) is 20.2 Å². The molecule has 0 aliphatic carbocycles. The van der Waals surface area contributed by atoms with E-state index in [4.69, 9.17) is 0 Å². The molecule has 0 spiro atoms. The molecule has 1 aromatic heterocycles. The number of esters is 1. The number of halogens is 3. The predicted octanol–water partition coefficient (Wildman–Crippen LogP) is 1.59. The van der Waals surface area contributed by atoms with Crippen LogP contribution in [-0.4, -0.2) is 23.0 Å². The Morgan fingerprint density at radius 1 is 1.47 bits per heavy atom. The quantitative estimate of drug-likeness (QED) is 0.674. The molecule has 0 bridgehead atoms. The number of methoxy groups -OCH3 is 1. The Morgan fingerprint density at radius 2 is 2.07 bits per heavy atom. The van der Waals surface area contributed by atoms with Gasteiger partial charge < -0.3 is 4.74 Å². The van der Waals surface area contributed by atoms with Crippen LogP contribution >= 0.6 is 0 Å². The maximum atomic E-state index is 12.3. The summed E-state index contributed by atoms with van der Waals surface area (Å²) in [6.07, 6.45) is -3.68. The van der Waals surface area contributed by atoms with Crippen molar-refractivity contribution in [1.29, 1.82) is 0 Å². The predicted molar refractivity (Wildman–Crippen MR) is 43.1 cm³/mol. The average Bonchev–Trinajstić information content (AvgIpc) is 2.15. The van der Waals surface area contributed by atoms with Crippen LogP contribution in [0.1, 0.15) is 21.9 Å². The fourth-order valence-electron chi connectivity index (χ4n) is 0.921. The number of nitrogens with zero attached hydrogens (tertiary/aromatic N) is 2. The molecule has 0 unspecified atom stereocenters. The Morgan fingerprint density at radius 3 is 2.53 bits per heavy atom. The molecule has 0 aromatic carbocycles. The Bertz CT molecular complexity index is 390. The summed E-state index contributed by atoms with van der Waals surface area (Å²) in [5, 5.41) is 0. The van der Waals surface area contributed by atoms with Gasteiger partial charge in [0, 0.05) is 0 Å². The second kappa shape index (κ2) is 3.84. The first-order chi connectivity index (χ1) is 6.86. The number of hydrogen-bond donors (Lipinski definition) is 0. The summed E-state index contributed by atoms with van der Waals surface area (Å²) in [6.45, 7) is 1.16. The highest BCUT2D eigenvalue weighted by molar-refractivity contribution is 5.86. The summed E-state index contributed by atoms with van der Waals surface area (Å²) in [6, 6.07) is 0. The second-order valence-corrected chi connectivity index (χ2v) is 2.68. The van der Waals surface area contributed by atoms with Crippen molar-refractivity contribution in [2.45, 2.75) is 13.1 Å². The smallest absolute Gasteiger partial charge is 0.435 e. The second-order valence-electron chi connectivity index (χ2n) is 2.68. The van der Waals surface area contributed by atoms with Gasteiger partial charge in [-0.25, -0.2) is 9.78 Å². The van der Waals surface area contributed by atoms with Crippen LogP contribution < -0.4 is 0 Å². The molecule has 1 rings (SSSR count). The monoisotopic (exact) mass is 220 g/mol. The summed E-state index contributed by atoms with van der Waals surface area (Å²) in [7, 11) is 1.05. The van der Waals surface area contributed by atoms with Crippen molar-refractivity contribution in [1.82, 2.24) is 9.97 Å². The van der Waals surface area contributed by atoms with Gasteiger partial charge in [0.15, 0.2) is 11.4 Å². The van der Waals surface area contributed by atoms with E-state index in [1.807, 2.05) is 0 Å². The highest BCUT2D eigenvalue weighted by Gasteiger charge is 2.35. The third-order valence-corrected chi connectivity index (χ3v) is 1.62. The van der Waals surface area contributed by atoms with Crippen molar-refractivity contribution < 1.29 is 22.7 Å². The number of ether oxygens (including phenoxy) is 1. The van der Waals surface area contributed by atoms with Crippen LogP contribution in [0.4, 0.5) is 13.2 Å². The highest BCUT2D eigenvalue weighted by atomic mass is 19.4. The van der Waals surface area contributed by atoms with Gasteiger partial charge in [0.1, 0.15) is 0 Å². The lowest BCUT2D eigenvalue weighted by atomic mass is 10.3. The lowest BCUT2D eigenvalue weighted by Gasteiger charge is -2.08. The van der Waals surface area contributed by atoms with Gasteiger partial charge >= 0.3 is 12.1 Å². The Kier molecular flexibility index (Phi) is 2.92. The van der Waals surface area contributed by atoms with Crippen molar-refractivity contribution in [3.05, 3.63) is 23.3 Å². The summed E-state index contributed by atoms with van der Waals surface area (Å²) < 4.78 is 41.3. The van der Waals surface area contributed by atoms with Crippen LogP contribution in [0.15, 0.2) is 6.20 Å². The first-order valence-electron chi connectivity index (χ1n) is 3.85. The number of carbonyl (C=O) groups excluding carboxylic acids is 1. The van der Waals surface area contributed by atoms with E-state index in [0.29, 0.717) is 0 Å². The molecular weight excluding hydrogens is 213 g/mol. The third kappa shape index (κ3) is 2.42. The van der Waals surface area contributed by atoms with Gasteiger partial charge in [-0.1, -0.05) is 0 Å². The molecule has 0 fully saturated rings. The maximum absolute atomic E-state index is 12.3. The molecule has 82 valence electrons. The molecule has 0 radical (unpaired) electrons. The molecule has 0 amide bonds. The Balaban J connectivity index is 3.23. The van der Waals surface area contributed by atoms with Gasteiger partial charge in [0.2, 0.25) is 0 Å². The number of aryl methyl sites for hydroxylation is 1. The maximum Gasteiger partial charge on any atom is 0.435 e. The van der Waals surface area contributed by atoms with E-state index in [9.17, 15) is 18.0 Å². The van der Waals surface area contributed by atoms with E-state index in [1.54, 1.807) is 0 Å². The number of hydrogen-bond acceptors (Lipinski definition) is 4. The van der Waals surface area contributed by atoms with E-state index in [2.05, 4.69) is 14.7 Å². The Hall–Kier alpha value is -1.66. The normalized spacial score (nSPS) is 11.3. The zero-order valence-corrected chi connectivity index (χ0v) is 7.92. The minimum absolute atomic E-state index is 0.282. The van der Waals surface area contributed by atoms with Crippen LogP contribution in [0.5, 0.6) is 0 Å². The number of aromatic nitrogens is 2. The van der Waals surface area contributed by atoms with Gasteiger partial charge in [-0.15, -0.1) is 0 Å². The van der Waals surface area contributed by atoms with Gasteiger partial charge in [-0.2, -0.15) is 13.2 Å². The number of alkyl halides is 3. The molecule has 0 aliphatic heterocycles. The van der Waals surface area contributed by atoms with Crippen LogP contribution in [0.2, 0.25) is 0 Å². The fraction of sp³-hybridized carbons (Fsp3) is 0.375. The SMILES string of the molecule is COC(=O)c1cnc(C)c(C(F)(F)F)n1. The topological polar surface area (TPSA) is 52.1 Å². The van der Waals surface area contributed by atoms with Crippen molar-refractivity contribution in [2.75, 3.05) is 7.11 Å². The molecule has 15 heavy (non-hydrogen) atoms.